The van der Waals surface area contributed by atoms with Gasteiger partial charge in [0.15, 0.2) is 0 Å². The van der Waals surface area contributed by atoms with E-state index in [-0.39, 0.29) is 19.1 Å². The van der Waals surface area contributed by atoms with E-state index in [4.69, 9.17) is 9.05 Å². The number of carbonyl (C=O) groups excluding carboxylic acids is 1. The SMILES string of the molecule is CC/C=C\C/C=C\C/C=C\C/C=C\C/C=C\C/C=C\C/C=C\C/C=C\CCCCCCCCC(=O)NC(COP(=O)(O)OCC[N+](C)(C)C)C(O)CCCCCCCCCCCCCCCCC. The Balaban J connectivity index is 4.24. The summed E-state index contributed by atoms with van der Waals surface area (Å²) in [7, 11) is 1.59. The number of unbranched alkanes of at least 4 members (excludes halogenated alkanes) is 20. The largest absolute Gasteiger partial charge is 0.472 e. The molecule has 0 aromatic heterocycles. The van der Waals surface area contributed by atoms with Crippen molar-refractivity contribution in [3.63, 3.8) is 0 Å². The zero-order valence-electron chi connectivity index (χ0n) is 44.6. The number of amides is 1. The predicted molar refractivity (Wildman–Crippen MR) is 295 cm³/mol. The number of carbonyl (C=O) groups is 1. The highest BCUT2D eigenvalue weighted by Gasteiger charge is 2.28. The van der Waals surface area contributed by atoms with E-state index in [0.29, 0.717) is 23.9 Å². The molecule has 9 heteroatoms. The van der Waals surface area contributed by atoms with Crippen molar-refractivity contribution in [1.82, 2.24) is 5.32 Å². The van der Waals surface area contributed by atoms with Gasteiger partial charge in [0.05, 0.1) is 39.9 Å². The van der Waals surface area contributed by atoms with Crippen molar-refractivity contribution in [3.05, 3.63) is 97.2 Å². The third-order valence-electron chi connectivity index (χ3n) is 11.8. The van der Waals surface area contributed by atoms with Gasteiger partial charge in [-0.15, -0.1) is 0 Å². The molecule has 0 aromatic carbocycles. The van der Waals surface area contributed by atoms with Crippen LogP contribution in [0.2, 0.25) is 0 Å². The number of quaternary nitrogens is 1. The first-order chi connectivity index (χ1) is 33.0. The van der Waals surface area contributed by atoms with Crippen molar-refractivity contribution in [2.75, 3.05) is 40.9 Å². The van der Waals surface area contributed by atoms with Gasteiger partial charge in [-0.25, -0.2) is 4.57 Å². The Morgan fingerprint density at radius 3 is 1.29 bits per heavy atom. The monoisotopic (exact) mass is 970 g/mol. The number of allylic oxidation sites excluding steroid dienone is 16. The molecule has 0 heterocycles. The second kappa shape index (κ2) is 49.4. The number of hydrogen-bond donors (Lipinski definition) is 3. The van der Waals surface area contributed by atoms with Crippen LogP contribution in [0.4, 0.5) is 0 Å². The Morgan fingerprint density at radius 1 is 0.515 bits per heavy atom. The van der Waals surface area contributed by atoms with Gasteiger partial charge in [-0.1, -0.05) is 233 Å². The Bertz CT molecular complexity index is 1420. The summed E-state index contributed by atoms with van der Waals surface area (Å²) in [6.45, 7) is 4.76. The number of phosphoric acid groups is 1. The summed E-state index contributed by atoms with van der Waals surface area (Å²) >= 11 is 0. The molecule has 8 nitrogen and oxygen atoms in total. The molecule has 0 saturated heterocycles. The van der Waals surface area contributed by atoms with Crippen molar-refractivity contribution in [2.24, 2.45) is 0 Å². The molecule has 392 valence electrons. The minimum Gasteiger partial charge on any atom is -0.391 e. The lowest BCUT2D eigenvalue weighted by Gasteiger charge is -2.26. The molecule has 0 fully saturated rings. The van der Waals surface area contributed by atoms with Crippen LogP contribution < -0.4 is 5.32 Å². The molecular weight excluding hydrogens is 864 g/mol. The fourth-order valence-corrected chi connectivity index (χ4v) is 8.27. The van der Waals surface area contributed by atoms with E-state index in [2.05, 4.69) is 116 Å². The Kier molecular flexibility index (Phi) is 47.5. The van der Waals surface area contributed by atoms with Gasteiger partial charge in [-0.05, 0) is 77.0 Å². The first-order valence-electron chi connectivity index (χ1n) is 27.6. The minimum atomic E-state index is -4.33. The molecule has 3 N–H and O–H groups in total. The highest BCUT2D eigenvalue weighted by molar-refractivity contribution is 7.47. The van der Waals surface area contributed by atoms with E-state index < -0.39 is 20.0 Å². The van der Waals surface area contributed by atoms with Crippen molar-refractivity contribution >= 4 is 13.7 Å². The quantitative estimate of drug-likeness (QED) is 0.0243. The molecule has 0 radical (unpaired) electrons. The zero-order valence-corrected chi connectivity index (χ0v) is 45.5. The molecule has 0 aliphatic heterocycles. The molecule has 0 aromatic rings. The topological polar surface area (TPSA) is 105 Å². The number of nitrogens with one attached hydrogen (secondary N) is 1. The predicted octanol–water partition coefficient (Wildman–Crippen LogP) is 16.6. The highest BCUT2D eigenvalue weighted by atomic mass is 31.2. The Hall–Kier alpha value is -2.58. The summed E-state index contributed by atoms with van der Waals surface area (Å²) in [6, 6.07) is -0.775. The van der Waals surface area contributed by atoms with Crippen molar-refractivity contribution < 1.29 is 32.9 Å². The van der Waals surface area contributed by atoms with E-state index in [0.717, 1.165) is 103 Å². The van der Waals surface area contributed by atoms with Crippen molar-refractivity contribution in [1.29, 1.82) is 0 Å². The smallest absolute Gasteiger partial charge is 0.391 e. The number of aliphatic hydroxyl groups excluding tert-OH is 1. The number of rotatable bonds is 49. The second-order valence-electron chi connectivity index (χ2n) is 19.6. The molecule has 68 heavy (non-hydrogen) atoms. The van der Waals surface area contributed by atoms with Gasteiger partial charge in [0.25, 0.3) is 0 Å². The lowest BCUT2D eigenvalue weighted by molar-refractivity contribution is -0.870. The molecule has 0 aliphatic rings. The average Bonchev–Trinajstić information content (AvgIpc) is 3.30. The van der Waals surface area contributed by atoms with E-state index in [1.54, 1.807) is 0 Å². The molecule has 0 saturated carbocycles. The van der Waals surface area contributed by atoms with Crippen LogP contribution in [-0.4, -0.2) is 73.4 Å². The summed E-state index contributed by atoms with van der Waals surface area (Å²) in [5.41, 5.74) is 0. The highest BCUT2D eigenvalue weighted by Crippen LogP contribution is 2.43. The minimum absolute atomic E-state index is 0.0666. The first-order valence-corrected chi connectivity index (χ1v) is 29.1. The van der Waals surface area contributed by atoms with E-state index in [9.17, 15) is 19.4 Å². The van der Waals surface area contributed by atoms with Crippen LogP contribution in [-0.2, 0) is 18.4 Å². The number of phosphoric ester groups is 1. The molecular formula is C59H106N2O6P+. The molecule has 0 spiro atoms. The van der Waals surface area contributed by atoms with Gasteiger partial charge in [0.2, 0.25) is 5.91 Å². The summed E-state index contributed by atoms with van der Waals surface area (Å²) in [6.07, 6.45) is 70.2. The number of nitrogens with zero attached hydrogens (tertiary/aromatic N) is 1. The first kappa shape index (κ1) is 65.4. The van der Waals surface area contributed by atoms with Crippen LogP contribution in [0.1, 0.15) is 219 Å². The van der Waals surface area contributed by atoms with Crippen LogP contribution in [0.25, 0.3) is 0 Å². The van der Waals surface area contributed by atoms with E-state index in [1.165, 1.54) is 89.9 Å². The molecule has 0 rings (SSSR count). The maximum atomic E-state index is 13.0. The molecule has 1 amide bonds. The number of aliphatic hydroxyl groups is 1. The summed E-state index contributed by atoms with van der Waals surface area (Å²) in [5, 5.41) is 14.0. The van der Waals surface area contributed by atoms with Gasteiger partial charge in [0, 0.05) is 6.42 Å². The molecule has 0 aliphatic carbocycles. The molecule has 3 atom stereocenters. The van der Waals surface area contributed by atoms with E-state index >= 15 is 0 Å². The number of hydrogen-bond acceptors (Lipinski definition) is 5. The van der Waals surface area contributed by atoms with Gasteiger partial charge < -0.3 is 19.8 Å². The summed E-state index contributed by atoms with van der Waals surface area (Å²) < 4.78 is 23.7. The van der Waals surface area contributed by atoms with Crippen LogP contribution in [0.3, 0.4) is 0 Å². The number of likely N-dealkylation sites (N-methyl/N-ethyl adjacent to an activating group) is 1. The van der Waals surface area contributed by atoms with Gasteiger partial charge >= 0.3 is 7.82 Å². The van der Waals surface area contributed by atoms with Gasteiger partial charge in [-0.2, -0.15) is 0 Å². The normalized spacial score (nSPS) is 14.8. The zero-order chi connectivity index (χ0) is 49.9. The van der Waals surface area contributed by atoms with Crippen LogP contribution in [0, 0.1) is 0 Å². The fourth-order valence-electron chi connectivity index (χ4n) is 7.53. The van der Waals surface area contributed by atoms with Gasteiger partial charge in [-0.3, -0.25) is 13.8 Å². The third-order valence-corrected chi connectivity index (χ3v) is 12.8. The van der Waals surface area contributed by atoms with Gasteiger partial charge in [0.1, 0.15) is 13.2 Å². The van der Waals surface area contributed by atoms with Crippen LogP contribution in [0.5, 0.6) is 0 Å². The third kappa shape index (κ3) is 51.3. The van der Waals surface area contributed by atoms with E-state index in [1.807, 2.05) is 21.1 Å². The fraction of sp³-hybridized carbons (Fsp3) is 0.712. The lowest BCUT2D eigenvalue weighted by Crippen LogP contribution is -2.46. The average molecular weight is 970 g/mol. The lowest BCUT2D eigenvalue weighted by atomic mass is 10.0. The summed E-state index contributed by atoms with van der Waals surface area (Å²) in [5.74, 6) is -0.163. The van der Waals surface area contributed by atoms with Crippen molar-refractivity contribution in [3.8, 4) is 0 Å². The maximum Gasteiger partial charge on any atom is 0.472 e. The standard InChI is InChI=1S/C59H105N2O6P/c1-6-8-10-12-14-16-18-20-22-23-24-25-26-27-28-29-30-31-32-33-34-35-36-37-39-41-43-45-47-49-51-53-59(63)60-57(56-67-68(64,65)66-55-54-61(3,4)5)58(62)52-50-48-46-44-42-40-38-21-19-17-15-13-11-9-7-2/h8,10,14,16,20,22,24-25,27-28,30-31,33-34,36-37,57-58,62H,6-7,9,11-13,15,17-19,21,23,26,29,32,35,38-56H2,1-5H3,(H-,60,63,64,65)/p+1/b10-8-,16-14-,22-20-,25-24-,28-27-,31-30-,34-33-,37-36-. The molecule has 3 unspecified atom stereocenters. The molecule has 0 bridgehead atoms. The second-order valence-corrected chi connectivity index (χ2v) is 21.0. The van der Waals surface area contributed by atoms with Crippen molar-refractivity contribution in [2.45, 2.75) is 231 Å². The van der Waals surface area contributed by atoms with Crippen LogP contribution in [0.15, 0.2) is 97.2 Å². The Morgan fingerprint density at radius 2 is 0.882 bits per heavy atom. The Labute approximate surface area is 419 Å². The summed E-state index contributed by atoms with van der Waals surface area (Å²) in [4.78, 5) is 23.3. The maximum absolute atomic E-state index is 13.0. The van der Waals surface area contributed by atoms with Crippen LogP contribution >= 0.6 is 7.82 Å².